The van der Waals surface area contributed by atoms with Crippen molar-refractivity contribution in [3.63, 3.8) is 0 Å². The van der Waals surface area contributed by atoms with Crippen LogP contribution < -0.4 is 5.32 Å². The van der Waals surface area contributed by atoms with Crippen molar-refractivity contribution in [1.82, 2.24) is 9.62 Å². The summed E-state index contributed by atoms with van der Waals surface area (Å²) in [5, 5.41) is 2.81. The van der Waals surface area contributed by atoms with Crippen LogP contribution in [0.15, 0.2) is 64.0 Å². The second kappa shape index (κ2) is 7.59. The molecular weight excluding hydrogens is 391 g/mol. The zero-order valence-electron chi connectivity index (χ0n) is 16.2. The first-order valence-corrected chi connectivity index (χ1v) is 11.2. The van der Waals surface area contributed by atoms with Crippen molar-refractivity contribution >= 4 is 21.8 Å². The van der Waals surface area contributed by atoms with E-state index in [1.54, 1.807) is 53.7 Å². The predicted octanol–water partition coefficient (Wildman–Crippen LogP) is 3.32. The van der Waals surface area contributed by atoms with Crippen molar-refractivity contribution in [2.24, 2.45) is 9.36 Å². The molecule has 0 radical (unpaired) electrons. The molecule has 1 N–H and O–H groups in total. The van der Waals surface area contributed by atoms with Crippen molar-refractivity contribution in [3.05, 3.63) is 71.5 Å². The lowest BCUT2D eigenvalue weighted by Crippen LogP contribution is -2.55. The van der Waals surface area contributed by atoms with Gasteiger partial charge in [-0.15, -0.1) is 0 Å². The highest BCUT2D eigenvalue weighted by molar-refractivity contribution is 7.92. The third kappa shape index (κ3) is 3.76. The molecule has 1 amide bonds. The van der Waals surface area contributed by atoms with Gasteiger partial charge in [-0.25, -0.2) is 18.0 Å². The molecule has 4 rings (SSSR count). The summed E-state index contributed by atoms with van der Waals surface area (Å²) >= 11 is 0. The van der Waals surface area contributed by atoms with Crippen molar-refractivity contribution in [3.8, 4) is 0 Å². The number of carbonyl (C=O) groups excluding carboxylic acids is 1. The van der Waals surface area contributed by atoms with Gasteiger partial charge in [0, 0.05) is 17.7 Å². The van der Waals surface area contributed by atoms with Crippen LogP contribution in [0.4, 0.5) is 4.39 Å². The van der Waals surface area contributed by atoms with Crippen LogP contribution in [0.2, 0.25) is 0 Å². The number of amides is 1. The third-order valence-corrected chi connectivity index (χ3v) is 7.75. The molecule has 2 heterocycles. The number of halogens is 1. The molecule has 29 heavy (non-hydrogen) atoms. The fourth-order valence-corrected chi connectivity index (χ4v) is 6.25. The largest absolute Gasteiger partial charge is 0.292 e. The number of fused-ring (bicyclic) bond motifs is 1. The maximum Gasteiger partial charge on any atom is 0.257 e. The highest BCUT2D eigenvalue weighted by atomic mass is 32.2. The number of nitrogens with one attached hydrogen (secondary N) is 1. The molecule has 2 atom stereocenters. The van der Waals surface area contributed by atoms with Gasteiger partial charge in [-0.3, -0.25) is 14.4 Å². The summed E-state index contributed by atoms with van der Waals surface area (Å²) in [6, 6.07) is 15.1. The molecule has 2 aliphatic heterocycles. The van der Waals surface area contributed by atoms with E-state index in [1.165, 1.54) is 6.07 Å². The molecule has 0 saturated heterocycles. The monoisotopic (exact) mass is 414 g/mol. The number of hydrogen-bond acceptors (Lipinski definition) is 4. The summed E-state index contributed by atoms with van der Waals surface area (Å²) in [5.41, 5.74) is -0.300. The molecular formula is C21H23FN4O2S. The molecule has 0 aromatic heterocycles. The van der Waals surface area contributed by atoms with E-state index in [0.717, 1.165) is 12.8 Å². The van der Waals surface area contributed by atoms with E-state index in [-0.39, 0.29) is 17.6 Å². The van der Waals surface area contributed by atoms with Crippen LogP contribution in [0, 0.1) is 5.82 Å². The number of carbonyl (C=O) groups is 1. The van der Waals surface area contributed by atoms with Crippen molar-refractivity contribution in [2.75, 3.05) is 18.8 Å². The number of aliphatic imine (C=N–C) groups is 1. The van der Waals surface area contributed by atoms with Crippen molar-refractivity contribution in [1.29, 1.82) is 0 Å². The molecule has 2 aromatic carbocycles. The van der Waals surface area contributed by atoms with Crippen LogP contribution in [0.3, 0.4) is 0 Å². The van der Waals surface area contributed by atoms with Gasteiger partial charge in [0.25, 0.3) is 5.91 Å². The summed E-state index contributed by atoms with van der Waals surface area (Å²) < 4.78 is 34.5. The Kier molecular flexibility index (Phi) is 5.12. The molecule has 0 bridgehead atoms. The van der Waals surface area contributed by atoms with Gasteiger partial charge in [0.15, 0.2) is 0 Å². The van der Waals surface area contributed by atoms with E-state index >= 15 is 0 Å². The quantitative estimate of drug-likeness (QED) is 0.819. The summed E-state index contributed by atoms with van der Waals surface area (Å²) in [6.07, 6.45) is 1.60. The van der Waals surface area contributed by atoms with Gasteiger partial charge in [0.1, 0.15) is 21.3 Å². The first-order chi connectivity index (χ1) is 13.9. The average Bonchev–Trinajstić information content (AvgIpc) is 2.90. The molecule has 0 saturated carbocycles. The Bertz CT molecular complexity index is 1080. The van der Waals surface area contributed by atoms with Crippen LogP contribution in [0.5, 0.6) is 0 Å². The smallest absolute Gasteiger partial charge is 0.257 e. The number of benzene rings is 2. The summed E-state index contributed by atoms with van der Waals surface area (Å²) in [7, 11) is -2.87. The van der Waals surface area contributed by atoms with Crippen LogP contribution >= 0.6 is 0 Å². The topological polar surface area (TPSA) is 74.1 Å². The Morgan fingerprint density at radius 2 is 1.86 bits per heavy atom. The fourth-order valence-electron chi connectivity index (χ4n) is 3.73. The standard InChI is InChI=1S/C21H23FN4O2S/c1-21(17-11-5-6-12-18(17)22)15-29(28)23-13-7-8-14-26(29)20(25-21)24-19(27)16-9-3-2-4-10-16/h2-6,9-12H,7-8,13-15H2,1H3,(H,24,25,27)/t21-,29?/m0/s1. The highest BCUT2D eigenvalue weighted by Gasteiger charge is 2.43. The van der Waals surface area contributed by atoms with E-state index in [9.17, 15) is 13.4 Å². The van der Waals surface area contributed by atoms with Crippen molar-refractivity contribution in [2.45, 2.75) is 25.3 Å². The fraction of sp³-hybridized carbons (Fsp3) is 0.333. The molecule has 8 heteroatoms. The zero-order valence-corrected chi connectivity index (χ0v) is 17.0. The molecule has 2 aromatic rings. The first kappa shape index (κ1) is 19.6. The average molecular weight is 415 g/mol. The van der Waals surface area contributed by atoms with Crippen LogP contribution in [-0.2, 0) is 15.5 Å². The Morgan fingerprint density at radius 3 is 2.62 bits per heavy atom. The van der Waals surface area contributed by atoms with Crippen molar-refractivity contribution < 1.29 is 13.4 Å². The molecule has 0 aliphatic carbocycles. The van der Waals surface area contributed by atoms with Gasteiger partial charge in [-0.2, -0.15) is 0 Å². The van der Waals surface area contributed by atoms with E-state index < -0.39 is 21.3 Å². The van der Waals surface area contributed by atoms with E-state index in [0.29, 0.717) is 24.2 Å². The van der Waals surface area contributed by atoms with E-state index in [4.69, 9.17) is 4.99 Å². The molecule has 152 valence electrons. The minimum atomic E-state index is -2.87. The third-order valence-electron chi connectivity index (χ3n) is 5.18. The number of nitrogens with zero attached hydrogens (tertiary/aromatic N) is 3. The Morgan fingerprint density at radius 1 is 1.14 bits per heavy atom. The first-order valence-electron chi connectivity index (χ1n) is 9.61. The normalized spacial score (nSPS) is 26.6. The lowest BCUT2D eigenvalue weighted by Gasteiger charge is -2.39. The predicted molar refractivity (Wildman–Crippen MR) is 111 cm³/mol. The number of rotatable bonds is 2. The Labute approximate surface area is 170 Å². The second-order valence-corrected chi connectivity index (χ2v) is 9.62. The molecule has 0 fully saturated rings. The second-order valence-electron chi connectivity index (χ2n) is 7.42. The number of hydrogen-bond donors (Lipinski definition) is 1. The van der Waals surface area contributed by atoms with Crippen LogP contribution in [0.1, 0.15) is 35.7 Å². The van der Waals surface area contributed by atoms with E-state index in [2.05, 4.69) is 9.68 Å². The highest BCUT2D eigenvalue weighted by Crippen LogP contribution is 2.35. The zero-order chi connectivity index (χ0) is 20.5. The number of guanidine groups is 1. The maximum atomic E-state index is 14.6. The Hall–Kier alpha value is -2.74. The minimum absolute atomic E-state index is 0.0750. The molecule has 2 aliphatic rings. The van der Waals surface area contributed by atoms with Gasteiger partial charge < -0.3 is 0 Å². The summed E-state index contributed by atoms with van der Waals surface area (Å²) in [4.78, 5) is 17.5. The van der Waals surface area contributed by atoms with Gasteiger partial charge in [0.05, 0.1) is 12.3 Å². The maximum absolute atomic E-state index is 14.6. The SMILES string of the molecule is C[C@@]1(c2ccccc2F)CS2(=O)=NCCCCN2C(NC(=O)c2ccccc2)=N1. The van der Waals surface area contributed by atoms with Crippen LogP contribution in [-0.4, -0.2) is 39.2 Å². The minimum Gasteiger partial charge on any atom is -0.292 e. The summed E-state index contributed by atoms with van der Waals surface area (Å²) in [6.45, 7) is 2.69. The van der Waals surface area contributed by atoms with Gasteiger partial charge >= 0.3 is 0 Å². The Balaban J connectivity index is 1.81. The molecule has 0 spiro atoms. The lowest BCUT2D eigenvalue weighted by molar-refractivity contribution is 0.0973. The summed E-state index contributed by atoms with van der Waals surface area (Å²) in [5.74, 6) is -0.511. The van der Waals surface area contributed by atoms with Crippen LogP contribution in [0.25, 0.3) is 0 Å². The van der Waals surface area contributed by atoms with Gasteiger partial charge in [0.2, 0.25) is 5.96 Å². The van der Waals surface area contributed by atoms with Gasteiger partial charge in [-0.05, 0) is 38.0 Å². The molecule has 1 unspecified atom stereocenters. The van der Waals surface area contributed by atoms with Gasteiger partial charge in [-0.1, -0.05) is 36.4 Å². The molecule has 6 nitrogen and oxygen atoms in total. The lowest BCUT2D eigenvalue weighted by atomic mass is 9.94. The van der Waals surface area contributed by atoms with E-state index in [1.807, 2.05) is 6.07 Å².